The van der Waals surface area contributed by atoms with Crippen molar-refractivity contribution in [1.29, 1.82) is 0 Å². The van der Waals surface area contributed by atoms with Crippen molar-refractivity contribution in [3.63, 3.8) is 0 Å². The molecule has 21 heavy (non-hydrogen) atoms. The fourth-order valence-corrected chi connectivity index (χ4v) is 2.25. The zero-order valence-electron chi connectivity index (χ0n) is 11.5. The van der Waals surface area contributed by atoms with Crippen molar-refractivity contribution in [2.45, 2.75) is 0 Å². The lowest BCUT2D eigenvalue weighted by atomic mass is 10.2. The molecule has 0 amide bonds. The second kappa shape index (κ2) is 6.45. The van der Waals surface area contributed by atoms with Gasteiger partial charge in [-0.1, -0.05) is 0 Å². The number of nitrogens with zero attached hydrogens (tertiary/aromatic N) is 1. The van der Waals surface area contributed by atoms with E-state index in [0.717, 1.165) is 10.2 Å². The van der Waals surface area contributed by atoms with Crippen LogP contribution in [0.1, 0.15) is 0 Å². The molecular formula is C14H14BrN3O3. The summed E-state index contributed by atoms with van der Waals surface area (Å²) in [5.41, 5.74) is 2.08. The van der Waals surface area contributed by atoms with Gasteiger partial charge in [-0.05, 0) is 34.1 Å². The molecule has 0 heterocycles. The minimum absolute atomic E-state index is 0.0217. The first-order chi connectivity index (χ1) is 10.0. The van der Waals surface area contributed by atoms with Crippen LogP contribution >= 0.6 is 15.9 Å². The molecule has 0 aliphatic rings. The lowest BCUT2D eigenvalue weighted by Crippen LogP contribution is -1.97. The minimum atomic E-state index is -0.422. The van der Waals surface area contributed by atoms with Crippen LogP contribution in [0.2, 0.25) is 0 Å². The van der Waals surface area contributed by atoms with Gasteiger partial charge in [0.15, 0.2) is 0 Å². The second-order valence-electron chi connectivity index (χ2n) is 4.25. The molecule has 0 unspecified atom stereocenters. The summed E-state index contributed by atoms with van der Waals surface area (Å²) in [6.07, 6.45) is 0. The van der Waals surface area contributed by atoms with Crippen molar-refractivity contribution in [1.82, 2.24) is 0 Å². The Kier molecular flexibility index (Phi) is 4.64. The molecule has 6 nitrogen and oxygen atoms in total. The lowest BCUT2D eigenvalue weighted by Gasteiger charge is -2.11. The van der Waals surface area contributed by atoms with Crippen LogP contribution in [0.4, 0.5) is 22.7 Å². The molecule has 2 aromatic rings. The van der Waals surface area contributed by atoms with E-state index in [2.05, 4.69) is 26.6 Å². The van der Waals surface area contributed by atoms with Crippen LogP contribution in [0, 0.1) is 10.1 Å². The normalized spacial score (nSPS) is 10.0. The summed E-state index contributed by atoms with van der Waals surface area (Å²) >= 11 is 3.38. The van der Waals surface area contributed by atoms with Gasteiger partial charge >= 0.3 is 0 Å². The quantitative estimate of drug-likeness (QED) is 0.624. The summed E-state index contributed by atoms with van der Waals surface area (Å²) in [6.45, 7) is 0. The predicted octanol–water partition coefficient (Wildman–Crippen LogP) is 4.15. The first-order valence-electron chi connectivity index (χ1n) is 6.11. The standard InChI is InChI=1S/C14H14BrN3O3/c1-16-10-5-11(7-12(6-10)18(19)20)17-9-3-4-13(15)14(8-9)21-2/h3-8,16-17H,1-2H3. The number of nitro groups is 1. The summed E-state index contributed by atoms with van der Waals surface area (Å²) in [4.78, 5) is 10.5. The third-order valence-corrected chi connectivity index (χ3v) is 3.51. The average Bonchev–Trinajstić information content (AvgIpc) is 2.48. The average molecular weight is 352 g/mol. The Morgan fingerprint density at radius 2 is 1.86 bits per heavy atom. The summed E-state index contributed by atoms with van der Waals surface area (Å²) in [5.74, 6) is 0.680. The minimum Gasteiger partial charge on any atom is -0.495 e. The van der Waals surface area contributed by atoms with Gasteiger partial charge in [0.2, 0.25) is 0 Å². The number of hydrogen-bond acceptors (Lipinski definition) is 5. The van der Waals surface area contributed by atoms with E-state index < -0.39 is 4.92 Å². The van der Waals surface area contributed by atoms with Crippen LogP contribution in [0.5, 0.6) is 5.75 Å². The van der Waals surface area contributed by atoms with Gasteiger partial charge in [0.05, 0.1) is 16.5 Å². The Labute approximate surface area is 130 Å². The first kappa shape index (κ1) is 15.1. The zero-order valence-corrected chi connectivity index (χ0v) is 13.1. The van der Waals surface area contributed by atoms with Crippen LogP contribution in [-0.2, 0) is 0 Å². The lowest BCUT2D eigenvalue weighted by molar-refractivity contribution is -0.384. The summed E-state index contributed by atoms with van der Waals surface area (Å²) < 4.78 is 6.06. The number of benzene rings is 2. The van der Waals surface area contributed by atoms with Crippen LogP contribution in [0.15, 0.2) is 40.9 Å². The molecule has 0 aliphatic heterocycles. The molecule has 0 fully saturated rings. The monoisotopic (exact) mass is 351 g/mol. The van der Waals surface area contributed by atoms with E-state index in [9.17, 15) is 10.1 Å². The molecule has 0 bridgehead atoms. The largest absolute Gasteiger partial charge is 0.495 e. The Hall–Kier alpha value is -2.28. The third kappa shape index (κ3) is 3.63. The summed E-state index contributed by atoms with van der Waals surface area (Å²) in [5, 5.41) is 17.0. The van der Waals surface area contributed by atoms with Gasteiger partial charge in [0, 0.05) is 42.3 Å². The van der Waals surface area contributed by atoms with Gasteiger partial charge in [-0.2, -0.15) is 0 Å². The van der Waals surface area contributed by atoms with E-state index in [1.807, 2.05) is 18.2 Å². The number of nitro benzene ring substituents is 1. The number of halogens is 1. The Balaban J connectivity index is 2.34. The van der Waals surface area contributed by atoms with Gasteiger partial charge < -0.3 is 15.4 Å². The van der Waals surface area contributed by atoms with Crippen LogP contribution in [0.25, 0.3) is 0 Å². The van der Waals surface area contributed by atoms with Gasteiger partial charge in [-0.25, -0.2) is 0 Å². The first-order valence-corrected chi connectivity index (χ1v) is 6.90. The fraction of sp³-hybridized carbons (Fsp3) is 0.143. The smallest absolute Gasteiger partial charge is 0.273 e. The molecule has 2 aromatic carbocycles. The number of rotatable bonds is 5. The van der Waals surface area contributed by atoms with Gasteiger partial charge in [-0.3, -0.25) is 10.1 Å². The van der Waals surface area contributed by atoms with Crippen molar-refractivity contribution < 1.29 is 9.66 Å². The van der Waals surface area contributed by atoms with E-state index >= 15 is 0 Å². The van der Waals surface area contributed by atoms with E-state index in [1.54, 1.807) is 20.2 Å². The molecule has 0 radical (unpaired) electrons. The third-order valence-electron chi connectivity index (χ3n) is 2.86. The maximum atomic E-state index is 10.9. The number of methoxy groups -OCH3 is 1. The van der Waals surface area contributed by atoms with Gasteiger partial charge in [0.25, 0.3) is 5.69 Å². The SMILES string of the molecule is CNc1cc(Nc2ccc(Br)c(OC)c2)cc([N+](=O)[O-])c1. The molecule has 0 spiro atoms. The number of ether oxygens (including phenoxy) is 1. The molecule has 0 saturated carbocycles. The molecule has 7 heteroatoms. The highest BCUT2D eigenvalue weighted by molar-refractivity contribution is 9.10. The highest BCUT2D eigenvalue weighted by Crippen LogP contribution is 2.31. The van der Waals surface area contributed by atoms with Crippen LogP contribution in [0.3, 0.4) is 0 Å². The Morgan fingerprint density at radius 3 is 2.48 bits per heavy atom. The van der Waals surface area contributed by atoms with Gasteiger partial charge in [-0.15, -0.1) is 0 Å². The van der Waals surface area contributed by atoms with E-state index in [4.69, 9.17) is 4.74 Å². The summed E-state index contributed by atoms with van der Waals surface area (Å²) in [7, 11) is 3.29. The molecule has 2 rings (SSSR count). The van der Waals surface area contributed by atoms with Crippen molar-refractivity contribution >= 4 is 38.7 Å². The molecule has 0 saturated heterocycles. The van der Waals surface area contributed by atoms with Crippen LogP contribution in [-0.4, -0.2) is 19.1 Å². The van der Waals surface area contributed by atoms with Crippen molar-refractivity contribution in [3.8, 4) is 5.75 Å². The zero-order chi connectivity index (χ0) is 15.4. The Morgan fingerprint density at radius 1 is 1.14 bits per heavy atom. The second-order valence-corrected chi connectivity index (χ2v) is 5.10. The molecule has 0 aromatic heterocycles. The number of non-ortho nitro benzene ring substituents is 1. The number of anilines is 3. The number of hydrogen-bond donors (Lipinski definition) is 2. The topological polar surface area (TPSA) is 76.4 Å². The van der Waals surface area contributed by atoms with Gasteiger partial charge in [0.1, 0.15) is 5.75 Å². The molecule has 2 N–H and O–H groups in total. The van der Waals surface area contributed by atoms with Crippen molar-refractivity contribution in [2.75, 3.05) is 24.8 Å². The van der Waals surface area contributed by atoms with E-state index in [1.165, 1.54) is 12.1 Å². The maximum Gasteiger partial charge on any atom is 0.273 e. The van der Waals surface area contributed by atoms with Crippen molar-refractivity contribution in [2.24, 2.45) is 0 Å². The molecule has 0 atom stereocenters. The molecule has 110 valence electrons. The molecule has 0 aliphatic carbocycles. The Bertz CT molecular complexity index is 677. The van der Waals surface area contributed by atoms with E-state index in [0.29, 0.717) is 17.1 Å². The summed E-state index contributed by atoms with van der Waals surface area (Å²) in [6, 6.07) is 10.3. The predicted molar refractivity (Wildman–Crippen MR) is 86.6 cm³/mol. The van der Waals surface area contributed by atoms with E-state index in [-0.39, 0.29) is 5.69 Å². The van der Waals surface area contributed by atoms with Crippen molar-refractivity contribution in [3.05, 3.63) is 51.0 Å². The fourth-order valence-electron chi connectivity index (χ4n) is 1.84. The maximum absolute atomic E-state index is 10.9. The highest BCUT2D eigenvalue weighted by atomic mass is 79.9. The number of nitrogens with one attached hydrogen (secondary N) is 2. The van der Waals surface area contributed by atoms with Crippen LogP contribution < -0.4 is 15.4 Å². The highest BCUT2D eigenvalue weighted by Gasteiger charge is 2.10. The molecular weight excluding hydrogens is 338 g/mol.